The topological polar surface area (TPSA) is 79.4 Å². The summed E-state index contributed by atoms with van der Waals surface area (Å²) >= 11 is 0. The fraction of sp³-hybridized carbons (Fsp3) is 0.312. The first-order valence-electron chi connectivity index (χ1n) is 7.73. The van der Waals surface area contributed by atoms with E-state index in [1.54, 1.807) is 24.6 Å². The molecule has 124 valence electrons. The Morgan fingerprint density at radius 1 is 1.25 bits per heavy atom. The number of rotatable bonds is 3. The second-order valence-corrected chi connectivity index (χ2v) is 5.78. The average molecular weight is 327 g/mol. The van der Waals surface area contributed by atoms with Gasteiger partial charge in [0.25, 0.3) is 5.56 Å². The quantitative estimate of drug-likeness (QED) is 0.565. The zero-order chi connectivity index (χ0) is 17.0. The van der Waals surface area contributed by atoms with E-state index in [1.807, 2.05) is 29.8 Å². The fourth-order valence-electron chi connectivity index (χ4n) is 3.09. The normalized spacial score (nSPS) is 11.8. The molecule has 24 heavy (non-hydrogen) atoms. The lowest BCUT2D eigenvalue weighted by atomic mass is 10.4. The Kier molecular flexibility index (Phi) is 3.02. The summed E-state index contributed by atoms with van der Waals surface area (Å²) in [6.07, 6.45) is 3.48. The number of fused-ring (bicyclic) bond motifs is 3. The van der Waals surface area contributed by atoms with Gasteiger partial charge in [0.15, 0.2) is 11.2 Å². The number of imidazole rings is 2. The highest BCUT2D eigenvalue weighted by molar-refractivity contribution is 5.75. The van der Waals surface area contributed by atoms with Crippen LogP contribution in [-0.2, 0) is 20.1 Å². The molecule has 0 spiro atoms. The summed E-state index contributed by atoms with van der Waals surface area (Å²) < 4.78 is 11.8. The molecule has 0 radical (unpaired) electrons. The lowest BCUT2D eigenvalue weighted by molar-refractivity contribution is 0.494. The second-order valence-electron chi connectivity index (χ2n) is 5.78. The molecule has 4 aromatic rings. The van der Waals surface area contributed by atoms with Gasteiger partial charge in [-0.25, -0.2) is 4.79 Å². The molecule has 0 bridgehead atoms. The monoisotopic (exact) mass is 327 g/mol. The Hall–Kier alpha value is -3.03. The highest BCUT2D eigenvalue weighted by Gasteiger charge is 2.19. The molecular formula is C16H17N5O3. The van der Waals surface area contributed by atoms with Crippen molar-refractivity contribution in [2.45, 2.75) is 26.9 Å². The van der Waals surface area contributed by atoms with Crippen LogP contribution in [0.4, 0.5) is 0 Å². The van der Waals surface area contributed by atoms with E-state index in [0.717, 1.165) is 11.5 Å². The third-order valence-electron chi connectivity index (χ3n) is 4.35. The zero-order valence-corrected chi connectivity index (χ0v) is 13.7. The lowest BCUT2D eigenvalue weighted by Crippen LogP contribution is -2.38. The van der Waals surface area contributed by atoms with Crippen molar-refractivity contribution in [3.05, 3.63) is 56.9 Å². The smallest absolute Gasteiger partial charge is 0.332 e. The van der Waals surface area contributed by atoms with Crippen LogP contribution < -0.4 is 11.2 Å². The number of hydrogen-bond donors (Lipinski definition) is 0. The average Bonchev–Trinajstić information content (AvgIpc) is 3.24. The van der Waals surface area contributed by atoms with Crippen molar-refractivity contribution >= 4 is 16.9 Å². The van der Waals surface area contributed by atoms with Crippen molar-refractivity contribution in [3.8, 4) is 0 Å². The molecule has 0 aliphatic heterocycles. The van der Waals surface area contributed by atoms with Gasteiger partial charge in [-0.15, -0.1) is 0 Å². The van der Waals surface area contributed by atoms with Crippen molar-refractivity contribution in [1.29, 1.82) is 0 Å². The van der Waals surface area contributed by atoms with E-state index >= 15 is 0 Å². The third kappa shape index (κ3) is 1.82. The summed E-state index contributed by atoms with van der Waals surface area (Å²) in [4.78, 5) is 29.5. The maximum atomic E-state index is 12.7. The van der Waals surface area contributed by atoms with Crippen molar-refractivity contribution in [2.75, 3.05) is 0 Å². The predicted octanol–water partition coefficient (Wildman–Crippen LogP) is 1.12. The largest absolute Gasteiger partial charge is 0.467 e. The molecule has 0 N–H and O–H groups in total. The van der Waals surface area contributed by atoms with E-state index in [9.17, 15) is 9.59 Å². The molecule has 4 heterocycles. The van der Waals surface area contributed by atoms with Gasteiger partial charge in [-0.05, 0) is 26.0 Å². The highest BCUT2D eigenvalue weighted by atomic mass is 16.3. The van der Waals surface area contributed by atoms with E-state index in [-0.39, 0.29) is 11.2 Å². The number of furan rings is 1. The van der Waals surface area contributed by atoms with E-state index < -0.39 is 0 Å². The van der Waals surface area contributed by atoms with E-state index in [2.05, 4.69) is 4.98 Å². The second kappa shape index (κ2) is 4.98. The summed E-state index contributed by atoms with van der Waals surface area (Å²) in [6.45, 7) is 4.55. The highest BCUT2D eigenvalue weighted by Crippen LogP contribution is 2.17. The van der Waals surface area contributed by atoms with Crippen LogP contribution in [0.3, 0.4) is 0 Å². The summed E-state index contributed by atoms with van der Waals surface area (Å²) in [5.41, 5.74) is 1.07. The molecular weight excluding hydrogens is 310 g/mol. The summed E-state index contributed by atoms with van der Waals surface area (Å²) in [5, 5.41) is 0. The predicted molar refractivity (Wildman–Crippen MR) is 88.4 cm³/mol. The van der Waals surface area contributed by atoms with Crippen LogP contribution in [0.5, 0.6) is 0 Å². The minimum Gasteiger partial charge on any atom is -0.467 e. The number of nitrogens with zero attached hydrogens (tertiary/aromatic N) is 5. The Bertz CT molecular complexity index is 1170. The zero-order valence-electron chi connectivity index (χ0n) is 13.7. The molecule has 0 unspecified atom stereocenters. The molecule has 4 rings (SSSR count). The Labute approximate surface area is 136 Å². The maximum Gasteiger partial charge on any atom is 0.332 e. The van der Waals surface area contributed by atoms with E-state index in [1.165, 1.54) is 9.13 Å². The molecule has 0 atom stereocenters. The molecule has 0 amide bonds. The fourth-order valence-corrected chi connectivity index (χ4v) is 3.09. The number of aromatic nitrogens is 5. The molecule has 0 aliphatic rings. The Balaban J connectivity index is 2.09. The van der Waals surface area contributed by atoms with Gasteiger partial charge in [0.2, 0.25) is 5.78 Å². The number of aryl methyl sites for hydroxylation is 2. The van der Waals surface area contributed by atoms with Crippen molar-refractivity contribution in [2.24, 2.45) is 7.05 Å². The molecule has 8 nitrogen and oxygen atoms in total. The van der Waals surface area contributed by atoms with Crippen LogP contribution in [0, 0.1) is 6.92 Å². The van der Waals surface area contributed by atoms with Gasteiger partial charge >= 0.3 is 5.69 Å². The minimum absolute atomic E-state index is 0.320. The molecule has 8 heteroatoms. The van der Waals surface area contributed by atoms with E-state index in [0.29, 0.717) is 30.0 Å². The Morgan fingerprint density at radius 3 is 2.71 bits per heavy atom. The van der Waals surface area contributed by atoms with Gasteiger partial charge in [-0.1, -0.05) is 0 Å². The first-order valence-corrected chi connectivity index (χ1v) is 7.73. The van der Waals surface area contributed by atoms with Gasteiger partial charge < -0.3 is 8.98 Å². The summed E-state index contributed by atoms with van der Waals surface area (Å²) in [5.74, 6) is 1.41. The van der Waals surface area contributed by atoms with Gasteiger partial charge in [0.1, 0.15) is 5.76 Å². The van der Waals surface area contributed by atoms with Gasteiger partial charge in [-0.3, -0.25) is 18.3 Å². The molecule has 0 saturated carbocycles. The van der Waals surface area contributed by atoms with Crippen molar-refractivity contribution in [3.63, 3.8) is 0 Å². The van der Waals surface area contributed by atoms with Crippen LogP contribution in [0.2, 0.25) is 0 Å². The molecule has 0 aromatic carbocycles. The van der Waals surface area contributed by atoms with Crippen LogP contribution >= 0.6 is 0 Å². The van der Waals surface area contributed by atoms with Gasteiger partial charge in [-0.2, -0.15) is 4.98 Å². The standard InChI is InChI=1S/C16H17N5O3/c1-4-19-14(22)12-13(18(3)16(19)23)17-15-20(10(2)8-21(12)15)9-11-6-5-7-24-11/h5-8H,4,9H2,1-3H3. The molecule has 0 aliphatic carbocycles. The van der Waals surface area contributed by atoms with Crippen LogP contribution in [0.15, 0.2) is 38.6 Å². The molecule has 4 aromatic heterocycles. The Morgan fingerprint density at radius 2 is 2.04 bits per heavy atom. The van der Waals surface area contributed by atoms with E-state index in [4.69, 9.17) is 4.42 Å². The lowest BCUT2D eigenvalue weighted by Gasteiger charge is -2.05. The first-order chi connectivity index (χ1) is 11.5. The van der Waals surface area contributed by atoms with Crippen LogP contribution in [-0.4, -0.2) is 23.1 Å². The summed E-state index contributed by atoms with van der Waals surface area (Å²) in [6, 6.07) is 3.72. The van der Waals surface area contributed by atoms with Gasteiger partial charge in [0.05, 0.1) is 12.8 Å². The van der Waals surface area contributed by atoms with Gasteiger partial charge in [0, 0.05) is 25.5 Å². The SMILES string of the molecule is CCn1c(=O)c2c(nc3n(Cc4ccco4)c(C)cn23)n(C)c1=O. The molecule has 0 saturated heterocycles. The molecule has 0 fully saturated rings. The van der Waals surface area contributed by atoms with Crippen molar-refractivity contribution < 1.29 is 4.42 Å². The van der Waals surface area contributed by atoms with Crippen LogP contribution in [0.1, 0.15) is 18.4 Å². The maximum absolute atomic E-state index is 12.7. The summed E-state index contributed by atoms with van der Waals surface area (Å²) in [7, 11) is 1.63. The van der Waals surface area contributed by atoms with Crippen molar-refractivity contribution in [1.82, 2.24) is 23.1 Å². The van der Waals surface area contributed by atoms with Crippen LogP contribution in [0.25, 0.3) is 16.9 Å². The first kappa shape index (κ1) is 14.6. The number of hydrogen-bond acceptors (Lipinski definition) is 4. The third-order valence-corrected chi connectivity index (χ3v) is 4.35. The minimum atomic E-state index is -0.356.